The van der Waals surface area contributed by atoms with Gasteiger partial charge in [0.1, 0.15) is 10.7 Å². The van der Waals surface area contributed by atoms with Crippen molar-refractivity contribution < 1.29 is 0 Å². The largest absolute Gasteiger partial charge is 0.306 e. The summed E-state index contributed by atoms with van der Waals surface area (Å²) < 4.78 is 0. The highest BCUT2D eigenvalue weighted by atomic mass is 32.1. The van der Waals surface area contributed by atoms with Gasteiger partial charge >= 0.3 is 0 Å². The number of hydrogen-bond acceptors (Lipinski definition) is 3. The van der Waals surface area contributed by atoms with Crippen LogP contribution >= 0.6 is 11.3 Å². The summed E-state index contributed by atoms with van der Waals surface area (Å²) in [7, 11) is 0. The lowest BCUT2D eigenvalue weighted by Crippen LogP contribution is -2.16. The summed E-state index contributed by atoms with van der Waals surface area (Å²) in [5, 5.41) is 2.77. The second-order valence-corrected chi connectivity index (χ2v) is 6.72. The van der Waals surface area contributed by atoms with E-state index in [1.54, 1.807) is 0 Å². The fourth-order valence-electron chi connectivity index (χ4n) is 2.23. The van der Waals surface area contributed by atoms with Crippen molar-refractivity contribution in [2.24, 2.45) is 0 Å². The van der Waals surface area contributed by atoms with Gasteiger partial charge in [-0.3, -0.25) is 4.79 Å². The first-order chi connectivity index (χ1) is 9.47. The molecule has 0 fully saturated rings. The zero-order valence-electron chi connectivity index (χ0n) is 11.7. The van der Waals surface area contributed by atoms with Crippen LogP contribution in [0.4, 0.5) is 0 Å². The molecule has 20 heavy (non-hydrogen) atoms. The second kappa shape index (κ2) is 4.56. The molecule has 0 amide bonds. The van der Waals surface area contributed by atoms with Crippen molar-refractivity contribution in [2.75, 3.05) is 0 Å². The van der Waals surface area contributed by atoms with E-state index in [-0.39, 0.29) is 11.0 Å². The van der Waals surface area contributed by atoms with Crippen LogP contribution in [0, 0.1) is 0 Å². The average Bonchev–Trinajstić information content (AvgIpc) is 2.84. The monoisotopic (exact) mass is 284 g/mol. The number of nitrogens with zero attached hydrogens (tertiary/aromatic N) is 1. The van der Waals surface area contributed by atoms with Crippen molar-refractivity contribution in [1.82, 2.24) is 9.97 Å². The second-order valence-electron chi connectivity index (χ2n) is 5.86. The molecule has 2 heterocycles. The third-order valence-electron chi connectivity index (χ3n) is 3.30. The lowest BCUT2D eigenvalue weighted by atomic mass is 9.87. The molecule has 0 saturated heterocycles. The number of H-pyrrole nitrogens is 1. The number of aromatic nitrogens is 2. The maximum atomic E-state index is 12.4. The highest BCUT2D eigenvalue weighted by Gasteiger charge is 2.21. The van der Waals surface area contributed by atoms with Crippen molar-refractivity contribution in [3.63, 3.8) is 0 Å². The quantitative estimate of drug-likeness (QED) is 0.735. The van der Waals surface area contributed by atoms with Gasteiger partial charge in [-0.2, -0.15) is 0 Å². The summed E-state index contributed by atoms with van der Waals surface area (Å²) in [4.78, 5) is 20.7. The highest BCUT2D eigenvalue weighted by molar-refractivity contribution is 7.16. The minimum absolute atomic E-state index is 0.0544. The number of fused-ring (bicyclic) bond motifs is 1. The topological polar surface area (TPSA) is 45.8 Å². The molecule has 0 spiro atoms. The third-order valence-corrected chi connectivity index (χ3v) is 4.17. The molecule has 1 aromatic carbocycles. The number of aromatic amines is 1. The first-order valence-electron chi connectivity index (χ1n) is 6.54. The van der Waals surface area contributed by atoms with Crippen LogP contribution in [0.2, 0.25) is 0 Å². The summed E-state index contributed by atoms with van der Waals surface area (Å²) in [5.41, 5.74) is 1.88. The van der Waals surface area contributed by atoms with Gasteiger partial charge in [-0.1, -0.05) is 51.1 Å². The molecule has 0 bridgehead atoms. The average molecular weight is 284 g/mol. The van der Waals surface area contributed by atoms with Gasteiger partial charge in [-0.15, -0.1) is 11.3 Å². The Bertz CT molecular complexity index is 810. The Morgan fingerprint density at radius 1 is 1.15 bits per heavy atom. The smallest absolute Gasteiger partial charge is 0.260 e. The molecule has 2 aromatic heterocycles. The standard InChI is InChI=1S/C16H16N2OS/c1-16(2,3)11-9-20-15-12(11)14(19)17-13(18-15)10-7-5-4-6-8-10/h4-9H,1-3H3,(H,17,18,19). The van der Waals surface area contributed by atoms with E-state index in [1.807, 2.05) is 35.7 Å². The normalized spacial score (nSPS) is 11.9. The van der Waals surface area contributed by atoms with E-state index in [1.165, 1.54) is 11.3 Å². The first kappa shape index (κ1) is 13.1. The Balaban J connectivity index is 2.26. The fourth-order valence-corrected chi connectivity index (χ4v) is 3.40. The van der Waals surface area contributed by atoms with Gasteiger partial charge < -0.3 is 4.98 Å². The molecule has 0 unspecified atom stereocenters. The van der Waals surface area contributed by atoms with Crippen molar-refractivity contribution in [3.8, 4) is 11.4 Å². The summed E-state index contributed by atoms with van der Waals surface area (Å²) >= 11 is 1.53. The molecule has 1 N–H and O–H groups in total. The third kappa shape index (κ3) is 2.16. The van der Waals surface area contributed by atoms with Crippen LogP contribution < -0.4 is 5.56 Å². The molecule has 102 valence electrons. The predicted molar refractivity (Wildman–Crippen MR) is 84.4 cm³/mol. The zero-order valence-corrected chi connectivity index (χ0v) is 12.5. The van der Waals surface area contributed by atoms with E-state index < -0.39 is 0 Å². The molecule has 0 saturated carbocycles. The molecule has 4 heteroatoms. The van der Waals surface area contributed by atoms with Gasteiger partial charge in [0, 0.05) is 5.56 Å². The molecule has 0 radical (unpaired) electrons. The maximum Gasteiger partial charge on any atom is 0.260 e. The van der Waals surface area contributed by atoms with Crippen LogP contribution in [0.1, 0.15) is 26.3 Å². The van der Waals surface area contributed by atoms with Gasteiger partial charge in [-0.05, 0) is 16.4 Å². The van der Waals surface area contributed by atoms with Crippen molar-refractivity contribution in [2.45, 2.75) is 26.2 Å². The highest BCUT2D eigenvalue weighted by Crippen LogP contribution is 2.32. The molecule has 3 aromatic rings. The minimum Gasteiger partial charge on any atom is -0.306 e. The summed E-state index contributed by atoms with van der Waals surface area (Å²) in [6, 6.07) is 9.72. The Hall–Kier alpha value is -1.94. The van der Waals surface area contributed by atoms with Crippen LogP contribution in [0.15, 0.2) is 40.5 Å². The molecule has 0 aliphatic carbocycles. The Morgan fingerprint density at radius 2 is 1.85 bits per heavy atom. The molecule has 0 aliphatic rings. The van der Waals surface area contributed by atoms with Crippen LogP contribution in [-0.4, -0.2) is 9.97 Å². The zero-order chi connectivity index (χ0) is 14.3. The number of thiophene rings is 1. The Morgan fingerprint density at radius 3 is 2.50 bits per heavy atom. The van der Waals surface area contributed by atoms with Gasteiger partial charge in [0.25, 0.3) is 5.56 Å². The minimum atomic E-state index is -0.0555. The van der Waals surface area contributed by atoms with Crippen molar-refractivity contribution >= 4 is 21.6 Å². The van der Waals surface area contributed by atoms with E-state index in [2.05, 4.69) is 30.7 Å². The van der Waals surface area contributed by atoms with Crippen molar-refractivity contribution in [1.29, 1.82) is 0 Å². The molecule has 0 aliphatic heterocycles. The fraction of sp³-hybridized carbons (Fsp3) is 0.250. The van der Waals surface area contributed by atoms with Crippen molar-refractivity contribution in [3.05, 3.63) is 51.6 Å². The van der Waals surface area contributed by atoms with Gasteiger partial charge in [-0.25, -0.2) is 4.98 Å². The van der Waals surface area contributed by atoms with Crippen LogP contribution in [0.5, 0.6) is 0 Å². The summed E-state index contributed by atoms with van der Waals surface area (Å²) in [6.45, 7) is 6.33. The summed E-state index contributed by atoms with van der Waals surface area (Å²) in [6.07, 6.45) is 0. The molecular weight excluding hydrogens is 268 g/mol. The van der Waals surface area contributed by atoms with Crippen LogP contribution in [-0.2, 0) is 5.41 Å². The number of hydrogen-bond donors (Lipinski definition) is 1. The van der Waals surface area contributed by atoms with E-state index in [0.29, 0.717) is 5.82 Å². The lowest BCUT2D eigenvalue weighted by molar-refractivity contribution is 0.597. The molecule has 0 atom stereocenters. The van der Waals surface area contributed by atoms with Gasteiger partial charge in [0.15, 0.2) is 0 Å². The Labute approximate surface area is 121 Å². The summed E-state index contributed by atoms with van der Waals surface area (Å²) in [5.74, 6) is 0.630. The van der Waals surface area contributed by atoms with E-state index in [9.17, 15) is 4.79 Å². The molecule has 3 rings (SSSR count). The SMILES string of the molecule is CC(C)(C)c1csc2nc(-c3ccccc3)[nH]c(=O)c12. The molecule has 3 nitrogen and oxygen atoms in total. The van der Waals surface area contributed by atoms with E-state index in [0.717, 1.165) is 21.3 Å². The maximum absolute atomic E-state index is 12.4. The van der Waals surface area contributed by atoms with Gasteiger partial charge in [0.05, 0.1) is 5.39 Å². The van der Waals surface area contributed by atoms with Gasteiger partial charge in [0.2, 0.25) is 0 Å². The number of benzene rings is 1. The van der Waals surface area contributed by atoms with Crippen LogP contribution in [0.3, 0.4) is 0 Å². The van der Waals surface area contributed by atoms with E-state index >= 15 is 0 Å². The predicted octanol–water partition coefficient (Wildman–Crippen LogP) is 3.95. The Kier molecular flexibility index (Phi) is 2.98. The van der Waals surface area contributed by atoms with Crippen LogP contribution in [0.25, 0.3) is 21.6 Å². The number of rotatable bonds is 1. The lowest BCUT2D eigenvalue weighted by Gasteiger charge is -2.16. The van der Waals surface area contributed by atoms with E-state index in [4.69, 9.17) is 0 Å². The number of nitrogens with one attached hydrogen (secondary N) is 1. The first-order valence-corrected chi connectivity index (χ1v) is 7.42. The molecular formula is C16H16N2OS.